The van der Waals surface area contributed by atoms with Crippen LogP contribution in [0.5, 0.6) is 0 Å². The zero-order valence-electron chi connectivity index (χ0n) is 10.3. The number of aromatic nitrogens is 1. The number of rotatable bonds is 5. The molecule has 0 atom stereocenters. The van der Waals surface area contributed by atoms with Crippen molar-refractivity contribution in [2.75, 3.05) is 12.3 Å². The van der Waals surface area contributed by atoms with Gasteiger partial charge in [-0.25, -0.2) is 4.98 Å². The third-order valence-electron chi connectivity index (χ3n) is 2.72. The highest BCUT2D eigenvalue weighted by Crippen LogP contribution is 2.18. The molecule has 1 aromatic carbocycles. The lowest BCUT2D eigenvalue weighted by Crippen LogP contribution is -2.21. The van der Waals surface area contributed by atoms with Crippen LogP contribution in [0, 0.1) is 0 Å². The largest absolute Gasteiger partial charge is 0.375 e. The third-order valence-corrected chi connectivity index (χ3v) is 3.78. The van der Waals surface area contributed by atoms with Crippen LogP contribution < -0.4 is 5.73 Å². The molecule has 0 saturated carbocycles. The first-order valence-electron chi connectivity index (χ1n) is 5.84. The van der Waals surface area contributed by atoms with Gasteiger partial charge in [0.1, 0.15) is 0 Å². The standard InChI is InChI=1S/C13H16ClN3S/c1-2-17(9-12-7-16-13(15)18-12)8-10-3-5-11(14)6-4-10/h3-7H,2,8-9H2,1H3,(H2,15,16). The number of hydrogen-bond acceptors (Lipinski definition) is 4. The maximum Gasteiger partial charge on any atom is 0.180 e. The van der Waals surface area contributed by atoms with Crippen LogP contribution in [-0.4, -0.2) is 16.4 Å². The van der Waals surface area contributed by atoms with Gasteiger partial charge in [0.05, 0.1) is 0 Å². The van der Waals surface area contributed by atoms with Crippen molar-refractivity contribution in [3.05, 3.63) is 45.9 Å². The van der Waals surface area contributed by atoms with Crippen molar-refractivity contribution in [3.8, 4) is 0 Å². The summed E-state index contributed by atoms with van der Waals surface area (Å²) in [5.74, 6) is 0. The van der Waals surface area contributed by atoms with E-state index in [1.165, 1.54) is 10.4 Å². The minimum atomic E-state index is 0.632. The van der Waals surface area contributed by atoms with Gasteiger partial charge in [-0.1, -0.05) is 30.7 Å². The molecule has 0 spiro atoms. The van der Waals surface area contributed by atoms with Crippen molar-refractivity contribution in [2.24, 2.45) is 0 Å². The molecule has 2 rings (SSSR count). The van der Waals surface area contributed by atoms with Crippen molar-refractivity contribution >= 4 is 28.1 Å². The van der Waals surface area contributed by atoms with Gasteiger partial charge >= 0.3 is 0 Å². The fourth-order valence-electron chi connectivity index (χ4n) is 1.74. The van der Waals surface area contributed by atoms with Crippen molar-refractivity contribution in [3.63, 3.8) is 0 Å². The van der Waals surface area contributed by atoms with Crippen LogP contribution >= 0.6 is 22.9 Å². The fraction of sp³-hybridized carbons (Fsp3) is 0.308. The third kappa shape index (κ3) is 3.70. The van der Waals surface area contributed by atoms with Gasteiger partial charge in [-0.2, -0.15) is 0 Å². The van der Waals surface area contributed by atoms with Crippen molar-refractivity contribution < 1.29 is 0 Å². The molecule has 96 valence electrons. The average molecular weight is 282 g/mol. The Kier molecular flexibility index (Phi) is 4.58. The van der Waals surface area contributed by atoms with E-state index in [2.05, 4.69) is 28.9 Å². The Bertz CT molecular complexity index is 495. The summed E-state index contributed by atoms with van der Waals surface area (Å²) in [5, 5.41) is 1.41. The molecule has 18 heavy (non-hydrogen) atoms. The highest BCUT2D eigenvalue weighted by molar-refractivity contribution is 7.15. The minimum Gasteiger partial charge on any atom is -0.375 e. The molecular formula is C13H16ClN3S. The molecule has 0 unspecified atom stereocenters. The molecule has 0 saturated heterocycles. The van der Waals surface area contributed by atoms with Gasteiger partial charge in [-0.3, -0.25) is 4.90 Å². The van der Waals surface area contributed by atoms with Crippen LogP contribution in [0.1, 0.15) is 17.4 Å². The van der Waals surface area contributed by atoms with E-state index >= 15 is 0 Å². The fourth-order valence-corrected chi connectivity index (χ4v) is 2.60. The van der Waals surface area contributed by atoms with Crippen LogP contribution in [0.15, 0.2) is 30.5 Å². The van der Waals surface area contributed by atoms with Gasteiger partial charge in [0.2, 0.25) is 0 Å². The van der Waals surface area contributed by atoms with Gasteiger partial charge in [-0.15, -0.1) is 11.3 Å². The topological polar surface area (TPSA) is 42.2 Å². The van der Waals surface area contributed by atoms with E-state index in [0.717, 1.165) is 24.7 Å². The lowest BCUT2D eigenvalue weighted by atomic mass is 10.2. The number of hydrogen-bond donors (Lipinski definition) is 1. The quantitative estimate of drug-likeness (QED) is 0.913. The molecule has 0 aliphatic rings. The van der Waals surface area contributed by atoms with E-state index in [1.807, 2.05) is 18.3 Å². The van der Waals surface area contributed by atoms with Crippen molar-refractivity contribution in [2.45, 2.75) is 20.0 Å². The molecule has 2 N–H and O–H groups in total. The summed E-state index contributed by atoms with van der Waals surface area (Å²) in [6.07, 6.45) is 1.85. The van der Waals surface area contributed by atoms with Crippen LogP contribution in [-0.2, 0) is 13.1 Å². The second kappa shape index (κ2) is 6.18. The van der Waals surface area contributed by atoms with Crippen molar-refractivity contribution in [1.29, 1.82) is 0 Å². The van der Waals surface area contributed by atoms with Gasteiger partial charge in [0.15, 0.2) is 5.13 Å². The molecule has 0 fully saturated rings. The molecule has 0 aliphatic heterocycles. The Labute approximate surface area is 116 Å². The Hall–Kier alpha value is -1.10. The lowest BCUT2D eigenvalue weighted by molar-refractivity contribution is 0.273. The zero-order chi connectivity index (χ0) is 13.0. The van der Waals surface area contributed by atoms with E-state index in [4.69, 9.17) is 17.3 Å². The van der Waals surface area contributed by atoms with Crippen LogP contribution in [0.2, 0.25) is 5.02 Å². The number of nitrogens with two attached hydrogens (primary N) is 1. The molecule has 2 aromatic rings. The summed E-state index contributed by atoms with van der Waals surface area (Å²) in [6, 6.07) is 7.98. The molecule has 0 amide bonds. The summed E-state index contributed by atoms with van der Waals surface area (Å²) in [4.78, 5) is 7.62. The minimum absolute atomic E-state index is 0.632. The molecule has 1 heterocycles. The number of thiazole rings is 1. The van der Waals surface area contributed by atoms with E-state index in [1.54, 1.807) is 11.3 Å². The van der Waals surface area contributed by atoms with E-state index < -0.39 is 0 Å². The Morgan fingerprint density at radius 3 is 2.56 bits per heavy atom. The van der Waals surface area contributed by atoms with Crippen molar-refractivity contribution in [1.82, 2.24) is 9.88 Å². The lowest BCUT2D eigenvalue weighted by Gasteiger charge is -2.19. The van der Waals surface area contributed by atoms with Crippen LogP contribution in [0.25, 0.3) is 0 Å². The van der Waals surface area contributed by atoms with E-state index in [0.29, 0.717) is 5.13 Å². The van der Waals surface area contributed by atoms with Crippen LogP contribution in [0.4, 0.5) is 5.13 Å². The second-order valence-electron chi connectivity index (χ2n) is 4.09. The average Bonchev–Trinajstić information content (AvgIpc) is 2.77. The normalized spacial score (nSPS) is 11.1. The highest BCUT2D eigenvalue weighted by atomic mass is 35.5. The molecular weight excluding hydrogens is 266 g/mol. The summed E-state index contributed by atoms with van der Waals surface area (Å²) < 4.78 is 0. The Morgan fingerprint density at radius 2 is 2.00 bits per heavy atom. The number of anilines is 1. The molecule has 5 heteroatoms. The molecule has 3 nitrogen and oxygen atoms in total. The van der Waals surface area contributed by atoms with E-state index in [9.17, 15) is 0 Å². The number of nitrogens with zero attached hydrogens (tertiary/aromatic N) is 2. The van der Waals surface area contributed by atoms with Crippen LogP contribution in [0.3, 0.4) is 0 Å². The molecule has 0 bridgehead atoms. The summed E-state index contributed by atoms with van der Waals surface area (Å²) in [7, 11) is 0. The monoisotopic (exact) mass is 281 g/mol. The first kappa shape index (κ1) is 13.3. The zero-order valence-corrected chi connectivity index (χ0v) is 11.8. The number of nitrogen functional groups attached to an aromatic ring is 1. The SMILES string of the molecule is CCN(Cc1ccc(Cl)cc1)Cc1cnc(N)s1. The smallest absolute Gasteiger partial charge is 0.180 e. The maximum absolute atomic E-state index is 5.88. The predicted molar refractivity (Wildman–Crippen MR) is 77.8 cm³/mol. The first-order chi connectivity index (χ1) is 8.67. The Morgan fingerprint density at radius 1 is 1.28 bits per heavy atom. The first-order valence-corrected chi connectivity index (χ1v) is 7.04. The number of halogens is 1. The van der Waals surface area contributed by atoms with Gasteiger partial charge in [0, 0.05) is 29.2 Å². The number of benzene rings is 1. The van der Waals surface area contributed by atoms with Gasteiger partial charge in [-0.05, 0) is 24.2 Å². The summed E-state index contributed by atoms with van der Waals surface area (Å²) in [5.41, 5.74) is 6.90. The highest BCUT2D eigenvalue weighted by Gasteiger charge is 2.07. The molecule has 1 aromatic heterocycles. The van der Waals surface area contributed by atoms with Gasteiger partial charge in [0.25, 0.3) is 0 Å². The Balaban J connectivity index is 1.99. The second-order valence-corrected chi connectivity index (χ2v) is 5.68. The summed E-state index contributed by atoms with van der Waals surface area (Å²) in [6.45, 7) is 4.93. The molecule has 0 aliphatic carbocycles. The maximum atomic E-state index is 5.88. The molecule has 0 radical (unpaired) electrons. The van der Waals surface area contributed by atoms with Gasteiger partial charge < -0.3 is 5.73 Å². The summed E-state index contributed by atoms with van der Waals surface area (Å²) >= 11 is 7.43. The van der Waals surface area contributed by atoms with E-state index in [-0.39, 0.29) is 0 Å². The predicted octanol–water partition coefficient (Wildman–Crippen LogP) is 3.40.